The van der Waals surface area contributed by atoms with Gasteiger partial charge in [-0.1, -0.05) is 18.2 Å². The molecule has 0 saturated heterocycles. The van der Waals surface area contributed by atoms with Crippen LogP contribution < -0.4 is 10.1 Å². The number of methoxy groups -OCH3 is 2. The first kappa shape index (κ1) is 19.3. The molecular weight excluding hydrogens is 354 g/mol. The highest BCUT2D eigenvalue weighted by Crippen LogP contribution is 2.21. The van der Waals surface area contributed by atoms with E-state index in [1.54, 1.807) is 49.6 Å². The summed E-state index contributed by atoms with van der Waals surface area (Å²) < 4.78 is 35.3. The first-order valence-corrected chi connectivity index (χ1v) is 9.12. The molecule has 0 unspecified atom stereocenters. The number of carbonyl (C=O) groups excluding carboxylic acids is 1. The van der Waals surface area contributed by atoms with Gasteiger partial charge in [0, 0.05) is 18.0 Å². The Balaban J connectivity index is 2.36. The van der Waals surface area contributed by atoms with Crippen LogP contribution in [0.2, 0.25) is 0 Å². The number of hydrogen-bond donors (Lipinski definition) is 1. The zero-order valence-electron chi connectivity index (χ0n) is 14.4. The highest BCUT2D eigenvalue weighted by atomic mass is 32.2. The van der Waals surface area contributed by atoms with Crippen LogP contribution in [0.15, 0.2) is 82.7 Å². The van der Waals surface area contributed by atoms with E-state index in [2.05, 4.69) is 10.1 Å². The summed E-state index contributed by atoms with van der Waals surface area (Å²) in [6, 6.07) is 14.9. The number of hydrogen-bond acceptors (Lipinski definition) is 6. The molecule has 0 atom stereocenters. The lowest BCUT2D eigenvalue weighted by Gasteiger charge is -2.08. The summed E-state index contributed by atoms with van der Waals surface area (Å²) in [7, 11) is -1.03. The van der Waals surface area contributed by atoms with Crippen LogP contribution in [0.25, 0.3) is 0 Å². The normalized spacial score (nSPS) is 12.0. The Morgan fingerprint density at radius 3 is 2.19 bits per heavy atom. The predicted octanol–water partition coefficient (Wildman–Crippen LogP) is 3.15. The average Bonchev–Trinajstić information content (AvgIpc) is 2.68. The number of ether oxygens (including phenoxy) is 2. The molecule has 2 rings (SSSR count). The minimum atomic E-state index is -3.81. The second-order valence-electron chi connectivity index (χ2n) is 5.09. The second-order valence-corrected chi connectivity index (χ2v) is 7.04. The third kappa shape index (κ3) is 4.97. The number of benzene rings is 2. The lowest BCUT2D eigenvalue weighted by molar-refractivity contribution is -0.134. The van der Waals surface area contributed by atoms with Gasteiger partial charge in [-0.05, 0) is 42.5 Å². The highest BCUT2D eigenvalue weighted by Gasteiger charge is 2.18. The van der Waals surface area contributed by atoms with Crippen molar-refractivity contribution in [1.82, 2.24) is 0 Å². The molecule has 0 aliphatic rings. The Bertz CT molecular complexity index is 901. The number of esters is 1. The zero-order chi connectivity index (χ0) is 19.0. The smallest absolute Gasteiger partial charge is 0.330 e. The van der Waals surface area contributed by atoms with Crippen molar-refractivity contribution in [3.8, 4) is 5.75 Å². The molecule has 6 nitrogen and oxygen atoms in total. The molecule has 0 spiro atoms. The van der Waals surface area contributed by atoms with Crippen molar-refractivity contribution in [1.29, 1.82) is 0 Å². The van der Waals surface area contributed by atoms with E-state index in [0.717, 1.165) is 6.08 Å². The van der Waals surface area contributed by atoms with Crippen molar-refractivity contribution >= 4 is 21.5 Å². The van der Waals surface area contributed by atoms with Gasteiger partial charge in [0.2, 0.25) is 9.84 Å². The minimum Gasteiger partial charge on any atom is -0.497 e. The largest absolute Gasteiger partial charge is 0.497 e. The Labute approximate surface area is 152 Å². The number of anilines is 1. The van der Waals surface area contributed by atoms with Crippen LogP contribution in [-0.2, 0) is 19.4 Å². The maximum Gasteiger partial charge on any atom is 0.330 e. The first-order valence-electron chi connectivity index (χ1n) is 7.64. The maximum atomic E-state index is 12.8. The Kier molecular flexibility index (Phi) is 6.57. The molecule has 2 aromatic rings. The lowest BCUT2D eigenvalue weighted by atomic mass is 10.3. The SMILES string of the molecule is COC(=O)/C=C/C(=C\Nc1ccc(OC)cc1)S(=O)(=O)c1ccccc1. The van der Waals surface area contributed by atoms with E-state index in [1.807, 2.05) is 0 Å². The molecule has 0 bridgehead atoms. The molecule has 0 saturated carbocycles. The van der Waals surface area contributed by atoms with Crippen LogP contribution in [-0.4, -0.2) is 28.6 Å². The van der Waals surface area contributed by atoms with Crippen LogP contribution in [0.3, 0.4) is 0 Å². The van der Waals surface area contributed by atoms with E-state index >= 15 is 0 Å². The van der Waals surface area contributed by atoms with Crippen LogP contribution in [0.1, 0.15) is 0 Å². The fourth-order valence-corrected chi connectivity index (χ4v) is 3.26. The van der Waals surface area contributed by atoms with E-state index in [9.17, 15) is 13.2 Å². The number of carbonyl (C=O) groups is 1. The fourth-order valence-electron chi connectivity index (χ4n) is 2.01. The average molecular weight is 373 g/mol. The van der Waals surface area contributed by atoms with Crippen molar-refractivity contribution in [2.24, 2.45) is 0 Å². The van der Waals surface area contributed by atoms with E-state index in [-0.39, 0.29) is 9.80 Å². The van der Waals surface area contributed by atoms with E-state index < -0.39 is 15.8 Å². The minimum absolute atomic E-state index is 0.0788. The molecule has 0 fully saturated rings. The summed E-state index contributed by atoms with van der Waals surface area (Å²) in [5.41, 5.74) is 0.665. The standard InChI is InChI=1S/C19H19NO5S/c1-24-16-10-8-15(9-11-16)20-14-18(12-13-19(21)25-2)26(22,23)17-6-4-3-5-7-17/h3-14,20H,1-2H3/b13-12+,18-14+. The molecule has 136 valence electrons. The molecule has 2 aromatic carbocycles. The number of sulfone groups is 1. The first-order chi connectivity index (χ1) is 12.5. The summed E-state index contributed by atoms with van der Waals surface area (Å²) >= 11 is 0. The van der Waals surface area contributed by atoms with Gasteiger partial charge in [0.15, 0.2) is 0 Å². The predicted molar refractivity (Wildman–Crippen MR) is 99.5 cm³/mol. The second kappa shape index (κ2) is 8.87. The summed E-state index contributed by atoms with van der Waals surface area (Å²) in [5, 5.41) is 2.91. The molecule has 0 aliphatic heterocycles. The Hall–Kier alpha value is -3.06. The Morgan fingerprint density at radius 2 is 1.62 bits per heavy atom. The van der Waals surface area contributed by atoms with Crippen LogP contribution in [0.4, 0.5) is 5.69 Å². The molecule has 7 heteroatoms. The molecule has 0 radical (unpaired) electrons. The third-order valence-electron chi connectivity index (χ3n) is 3.42. The van der Waals surface area contributed by atoms with E-state index in [1.165, 1.54) is 31.5 Å². The van der Waals surface area contributed by atoms with Gasteiger partial charge in [-0.15, -0.1) is 0 Å². The van der Waals surface area contributed by atoms with E-state index in [0.29, 0.717) is 11.4 Å². The molecule has 0 aromatic heterocycles. The number of rotatable bonds is 7. The summed E-state index contributed by atoms with van der Waals surface area (Å²) in [6.45, 7) is 0. The van der Waals surface area contributed by atoms with Crippen molar-refractivity contribution in [3.63, 3.8) is 0 Å². The number of allylic oxidation sites excluding steroid dienone is 1. The monoisotopic (exact) mass is 373 g/mol. The van der Waals surface area contributed by atoms with Crippen LogP contribution in [0, 0.1) is 0 Å². The lowest BCUT2D eigenvalue weighted by Crippen LogP contribution is -2.06. The molecule has 1 N–H and O–H groups in total. The van der Waals surface area contributed by atoms with Crippen molar-refractivity contribution in [2.75, 3.05) is 19.5 Å². The number of nitrogens with one attached hydrogen (secondary N) is 1. The van der Waals surface area contributed by atoms with Crippen LogP contribution >= 0.6 is 0 Å². The van der Waals surface area contributed by atoms with Gasteiger partial charge in [-0.3, -0.25) is 0 Å². The maximum absolute atomic E-state index is 12.8. The van der Waals surface area contributed by atoms with Crippen LogP contribution in [0.5, 0.6) is 5.75 Å². The van der Waals surface area contributed by atoms with Gasteiger partial charge in [-0.25, -0.2) is 13.2 Å². The van der Waals surface area contributed by atoms with Gasteiger partial charge in [0.05, 0.1) is 24.0 Å². The fraction of sp³-hybridized carbons (Fsp3) is 0.105. The van der Waals surface area contributed by atoms with Gasteiger partial charge in [0.1, 0.15) is 5.75 Å². The quantitative estimate of drug-likeness (QED) is 0.456. The van der Waals surface area contributed by atoms with E-state index in [4.69, 9.17) is 4.74 Å². The van der Waals surface area contributed by atoms with Gasteiger partial charge in [0.25, 0.3) is 0 Å². The van der Waals surface area contributed by atoms with Crippen molar-refractivity contribution in [3.05, 3.63) is 77.9 Å². The third-order valence-corrected chi connectivity index (χ3v) is 5.19. The topological polar surface area (TPSA) is 81.7 Å². The zero-order valence-corrected chi connectivity index (χ0v) is 15.2. The molecule has 26 heavy (non-hydrogen) atoms. The highest BCUT2D eigenvalue weighted by molar-refractivity contribution is 7.95. The van der Waals surface area contributed by atoms with Crippen molar-refractivity contribution in [2.45, 2.75) is 4.90 Å². The molecular formula is C19H19NO5S. The van der Waals surface area contributed by atoms with Gasteiger partial charge < -0.3 is 14.8 Å². The molecule has 0 aliphatic carbocycles. The summed E-state index contributed by atoms with van der Waals surface area (Å²) in [4.78, 5) is 11.4. The molecule has 0 amide bonds. The summed E-state index contributed by atoms with van der Waals surface area (Å²) in [5.74, 6) is 0.0332. The van der Waals surface area contributed by atoms with Gasteiger partial charge >= 0.3 is 5.97 Å². The summed E-state index contributed by atoms with van der Waals surface area (Å²) in [6.07, 6.45) is 3.58. The molecule has 0 heterocycles. The van der Waals surface area contributed by atoms with Crippen molar-refractivity contribution < 1.29 is 22.7 Å². The Morgan fingerprint density at radius 1 is 0.962 bits per heavy atom. The van der Waals surface area contributed by atoms with Gasteiger partial charge in [-0.2, -0.15) is 0 Å².